The van der Waals surface area contributed by atoms with Crippen LogP contribution in [0.25, 0.3) is 0 Å². The van der Waals surface area contributed by atoms with E-state index in [0.29, 0.717) is 4.47 Å². The Labute approximate surface area is 111 Å². The summed E-state index contributed by atoms with van der Waals surface area (Å²) in [6, 6.07) is 10.2. The topological polar surface area (TPSA) is 35.8 Å². The molecule has 0 fully saturated rings. The van der Waals surface area contributed by atoms with Crippen LogP contribution in [0.15, 0.2) is 40.9 Å². The van der Waals surface area contributed by atoms with Gasteiger partial charge >= 0.3 is 0 Å². The molecule has 2 aromatic carbocycles. The summed E-state index contributed by atoms with van der Waals surface area (Å²) in [4.78, 5) is 0. The summed E-state index contributed by atoms with van der Waals surface area (Å²) in [7, 11) is 0. The van der Waals surface area contributed by atoms with Crippen LogP contribution in [0.1, 0.15) is 5.56 Å². The van der Waals surface area contributed by atoms with Gasteiger partial charge in [0.25, 0.3) is 0 Å². The molecule has 2 rings (SSSR count). The third kappa shape index (κ3) is 2.49. The molecule has 0 saturated carbocycles. The second kappa shape index (κ2) is 5.15. The Bertz CT molecular complexity index is 635. The normalized spacial score (nSPS) is 9.89. The average Bonchev–Trinajstić information content (AvgIpc) is 2.34. The van der Waals surface area contributed by atoms with Crippen LogP contribution in [-0.4, -0.2) is 0 Å². The lowest BCUT2D eigenvalue weighted by molar-refractivity contribution is 0.623. The number of nitrogens with one attached hydrogen (secondary N) is 1. The van der Waals surface area contributed by atoms with Crippen molar-refractivity contribution in [3.8, 4) is 6.07 Å². The Balaban J connectivity index is 2.44. The number of hydrogen-bond donors (Lipinski definition) is 1. The molecule has 0 heterocycles. The van der Waals surface area contributed by atoms with Crippen LogP contribution in [-0.2, 0) is 0 Å². The van der Waals surface area contributed by atoms with Gasteiger partial charge < -0.3 is 5.32 Å². The van der Waals surface area contributed by atoms with E-state index in [1.807, 2.05) is 0 Å². The van der Waals surface area contributed by atoms with Crippen LogP contribution >= 0.6 is 15.9 Å². The fourth-order valence-electron chi connectivity index (χ4n) is 1.48. The zero-order chi connectivity index (χ0) is 13.1. The highest BCUT2D eigenvalue weighted by Gasteiger charge is 2.10. The molecular formula is C13H7BrF2N2. The van der Waals surface area contributed by atoms with Gasteiger partial charge in [0.05, 0.1) is 11.4 Å². The summed E-state index contributed by atoms with van der Waals surface area (Å²) in [6.07, 6.45) is 0. The molecule has 90 valence electrons. The summed E-state index contributed by atoms with van der Waals surface area (Å²) in [5.41, 5.74) is 0.262. The smallest absolute Gasteiger partial charge is 0.146 e. The SMILES string of the molecule is N#Cc1c(F)cccc1Nc1cc(Br)ccc1F. The quantitative estimate of drug-likeness (QED) is 0.895. The molecule has 0 saturated heterocycles. The molecule has 0 aliphatic heterocycles. The fraction of sp³-hybridized carbons (Fsp3) is 0. The monoisotopic (exact) mass is 308 g/mol. The van der Waals surface area contributed by atoms with Gasteiger partial charge in [0.2, 0.25) is 0 Å². The van der Waals surface area contributed by atoms with Crippen molar-refractivity contribution in [2.45, 2.75) is 0 Å². The van der Waals surface area contributed by atoms with E-state index in [4.69, 9.17) is 5.26 Å². The van der Waals surface area contributed by atoms with E-state index in [-0.39, 0.29) is 16.9 Å². The van der Waals surface area contributed by atoms with Crippen molar-refractivity contribution in [1.29, 1.82) is 5.26 Å². The lowest BCUT2D eigenvalue weighted by Crippen LogP contribution is -1.98. The predicted octanol–water partition coefficient (Wildman–Crippen LogP) is 4.34. The lowest BCUT2D eigenvalue weighted by atomic mass is 10.1. The van der Waals surface area contributed by atoms with Crippen LogP contribution in [0.5, 0.6) is 0 Å². The maximum absolute atomic E-state index is 13.5. The standard InChI is InChI=1S/C13H7BrF2N2/c14-8-4-5-11(16)13(6-8)18-12-3-1-2-10(15)9(12)7-17/h1-6,18H. The van der Waals surface area contributed by atoms with Crippen LogP contribution in [0.3, 0.4) is 0 Å². The van der Waals surface area contributed by atoms with E-state index >= 15 is 0 Å². The second-order valence-corrected chi connectivity index (χ2v) is 4.44. The molecule has 0 amide bonds. The number of hydrogen-bond acceptors (Lipinski definition) is 2. The van der Waals surface area contributed by atoms with E-state index in [1.54, 1.807) is 12.1 Å². The molecule has 0 atom stereocenters. The van der Waals surface area contributed by atoms with E-state index in [9.17, 15) is 8.78 Å². The van der Waals surface area contributed by atoms with E-state index in [0.717, 1.165) is 0 Å². The van der Waals surface area contributed by atoms with Gasteiger partial charge in [-0.2, -0.15) is 5.26 Å². The zero-order valence-electron chi connectivity index (χ0n) is 9.05. The van der Waals surface area contributed by atoms with E-state index in [1.165, 1.54) is 30.3 Å². The molecule has 0 aromatic heterocycles. The molecule has 0 unspecified atom stereocenters. The molecule has 0 bridgehead atoms. The number of halogens is 3. The van der Waals surface area contributed by atoms with Gasteiger partial charge in [-0.05, 0) is 30.3 Å². The first-order chi connectivity index (χ1) is 8.61. The Kier molecular flexibility index (Phi) is 3.58. The predicted molar refractivity (Wildman–Crippen MR) is 68.5 cm³/mol. The first kappa shape index (κ1) is 12.5. The molecule has 0 radical (unpaired) electrons. The van der Waals surface area contributed by atoms with E-state index < -0.39 is 11.6 Å². The Morgan fingerprint density at radius 3 is 2.56 bits per heavy atom. The van der Waals surface area contributed by atoms with E-state index in [2.05, 4.69) is 21.2 Å². The molecule has 2 nitrogen and oxygen atoms in total. The van der Waals surface area contributed by atoms with Crippen molar-refractivity contribution in [2.75, 3.05) is 5.32 Å². The molecule has 0 spiro atoms. The maximum Gasteiger partial charge on any atom is 0.146 e. The van der Waals surface area contributed by atoms with Gasteiger partial charge in [-0.25, -0.2) is 8.78 Å². The van der Waals surface area contributed by atoms with Gasteiger partial charge in [0, 0.05) is 4.47 Å². The van der Waals surface area contributed by atoms with Gasteiger partial charge in [-0.15, -0.1) is 0 Å². The summed E-state index contributed by atoms with van der Waals surface area (Å²) in [5, 5.41) is 11.6. The van der Waals surface area contributed by atoms with Crippen molar-refractivity contribution in [3.05, 3.63) is 58.1 Å². The minimum Gasteiger partial charge on any atom is -0.352 e. The number of benzene rings is 2. The first-order valence-corrected chi connectivity index (χ1v) is 5.82. The van der Waals surface area contributed by atoms with Crippen molar-refractivity contribution in [1.82, 2.24) is 0 Å². The molecule has 0 aliphatic carbocycles. The molecule has 1 N–H and O–H groups in total. The third-order valence-corrected chi connectivity index (χ3v) is 2.82. The van der Waals surface area contributed by atoms with Crippen LogP contribution in [0.4, 0.5) is 20.2 Å². The lowest BCUT2D eigenvalue weighted by Gasteiger charge is -2.09. The van der Waals surface area contributed by atoms with Crippen molar-refractivity contribution >= 4 is 27.3 Å². The fourth-order valence-corrected chi connectivity index (χ4v) is 1.84. The molecule has 2 aromatic rings. The minimum absolute atomic E-state index is 0.142. The van der Waals surface area contributed by atoms with Crippen LogP contribution in [0, 0.1) is 23.0 Å². The number of nitriles is 1. The molecule has 0 aliphatic rings. The van der Waals surface area contributed by atoms with Gasteiger partial charge in [0.15, 0.2) is 0 Å². The van der Waals surface area contributed by atoms with Crippen molar-refractivity contribution < 1.29 is 8.78 Å². The summed E-state index contributed by atoms with van der Waals surface area (Å²) in [5.74, 6) is -1.12. The number of nitrogens with zero attached hydrogens (tertiary/aromatic N) is 1. The summed E-state index contributed by atoms with van der Waals surface area (Å²) < 4.78 is 27.6. The minimum atomic E-state index is -0.641. The van der Waals surface area contributed by atoms with Gasteiger partial charge in [-0.3, -0.25) is 0 Å². The zero-order valence-corrected chi connectivity index (χ0v) is 10.6. The summed E-state index contributed by atoms with van der Waals surface area (Å²) in [6.45, 7) is 0. The van der Waals surface area contributed by atoms with Crippen molar-refractivity contribution in [3.63, 3.8) is 0 Å². The number of anilines is 2. The Hall–Kier alpha value is -1.93. The highest BCUT2D eigenvalue weighted by atomic mass is 79.9. The second-order valence-electron chi connectivity index (χ2n) is 3.52. The maximum atomic E-state index is 13.5. The van der Waals surface area contributed by atoms with Crippen molar-refractivity contribution in [2.24, 2.45) is 0 Å². The summed E-state index contributed by atoms with van der Waals surface area (Å²) >= 11 is 3.21. The van der Waals surface area contributed by atoms with Gasteiger partial charge in [-0.1, -0.05) is 22.0 Å². The van der Waals surface area contributed by atoms with Crippen LogP contribution < -0.4 is 5.32 Å². The Morgan fingerprint density at radius 2 is 1.83 bits per heavy atom. The molecule has 18 heavy (non-hydrogen) atoms. The highest BCUT2D eigenvalue weighted by molar-refractivity contribution is 9.10. The molecule has 5 heteroatoms. The largest absolute Gasteiger partial charge is 0.352 e. The number of rotatable bonds is 2. The highest BCUT2D eigenvalue weighted by Crippen LogP contribution is 2.26. The third-order valence-electron chi connectivity index (χ3n) is 2.32. The molecular weight excluding hydrogens is 302 g/mol. The Morgan fingerprint density at radius 1 is 1.06 bits per heavy atom. The first-order valence-electron chi connectivity index (χ1n) is 5.02. The van der Waals surface area contributed by atoms with Crippen LogP contribution in [0.2, 0.25) is 0 Å². The van der Waals surface area contributed by atoms with Gasteiger partial charge in [0.1, 0.15) is 23.3 Å². The average molecular weight is 309 g/mol.